The Morgan fingerprint density at radius 2 is 1.94 bits per heavy atom. The van der Waals surface area contributed by atoms with Crippen LogP contribution in [0.25, 0.3) is 0 Å². The van der Waals surface area contributed by atoms with Crippen molar-refractivity contribution in [2.24, 2.45) is 0 Å². The summed E-state index contributed by atoms with van der Waals surface area (Å²) in [5, 5.41) is 5.91. The van der Waals surface area contributed by atoms with Crippen molar-refractivity contribution >= 4 is 18.3 Å². The highest BCUT2D eigenvalue weighted by Crippen LogP contribution is 2.09. The van der Waals surface area contributed by atoms with Crippen molar-refractivity contribution in [2.75, 3.05) is 13.1 Å². The fraction of sp³-hybridized carbons (Fsp3) is 0.417. The second-order valence-corrected chi connectivity index (χ2v) is 4.17. The first-order chi connectivity index (χ1) is 8.15. The smallest absolute Gasteiger partial charge is 0.251 e. The van der Waals surface area contributed by atoms with E-state index in [2.05, 4.69) is 10.6 Å². The number of hydrogen-bond donors (Lipinski definition) is 2. The van der Waals surface area contributed by atoms with Crippen molar-refractivity contribution in [1.29, 1.82) is 0 Å². The van der Waals surface area contributed by atoms with E-state index in [0.717, 1.165) is 37.6 Å². The van der Waals surface area contributed by atoms with Gasteiger partial charge in [0, 0.05) is 24.2 Å². The van der Waals surface area contributed by atoms with Crippen LogP contribution in [0.4, 0.5) is 8.78 Å². The molecule has 0 aromatic heterocycles. The van der Waals surface area contributed by atoms with Crippen LogP contribution in [-0.4, -0.2) is 25.0 Å². The van der Waals surface area contributed by atoms with Crippen molar-refractivity contribution in [3.63, 3.8) is 0 Å². The molecule has 1 atom stereocenters. The quantitative estimate of drug-likeness (QED) is 0.866. The lowest BCUT2D eigenvalue weighted by atomic mass is 10.1. The minimum absolute atomic E-state index is 0. The van der Waals surface area contributed by atoms with Gasteiger partial charge in [-0.15, -0.1) is 12.4 Å². The second kappa shape index (κ2) is 6.66. The molecule has 1 aromatic rings. The SMILES string of the molecule is Cl.O=C(N[C@@H]1CCCNC1)c1cc(F)cc(F)c1. The first-order valence-electron chi connectivity index (χ1n) is 5.63. The third-order valence-electron chi connectivity index (χ3n) is 2.76. The van der Waals surface area contributed by atoms with Gasteiger partial charge in [-0.1, -0.05) is 0 Å². The number of benzene rings is 1. The molecule has 0 unspecified atom stereocenters. The van der Waals surface area contributed by atoms with Crippen LogP contribution in [-0.2, 0) is 0 Å². The minimum atomic E-state index is -0.739. The standard InChI is InChI=1S/C12H14F2N2O.ClH/c13-9-4-8(5-10(14)6-9)12(17)16-11-2-1-3-15-7-11;/h4-6,11,15H,1-3,7H2,(H,16,17);1H/t11-;/m1./s1. The van der Waals surface area contributed by atoms with Gasteiger partial charge in [-0.2, -0.15) is 0 Å². The van der Waals surface area contributed by atoms with Gasteiger partial charge in [0.25, 0.3) is 5.91 Å². The monoisotopic (exact) mass is 276 g/mol. The van der Waals surface area contributed by atoms with Crippen LogP contribution in [0.2, 0.25) is 0 Å². The average Bonchev–Trinajstić information content (AvgIpc) is 2.29. The molecule has 1 heterocycles. The summed E-state index contributed by atoms with van der Waals surface area (Å²) in [6.07, 6.45) is 1.87. The molecule has 0 aliphatic carbocycles. The molecule has 1 saturated heterocycles. The lowest BCUT2D eigenvalue weighted by Crippen LogP contribution is -2.45. The first-order valence-corrected chi connectivity index (χ1v) is 5.63. The molecular formula is C12H15ClF2N2O. The molecule has 0 spiro atoms. The fourth-order valence-corrected chi connectivity index (χ4v) is 1.93. The van der Waals surface area contributed by atoms with Crippen molar-refractivity contribution in [3.8, 4) is 0 Å². The highest BCUT2D eigenvalue weighted by atomic mass is 35.5. The summed E-state index contributed by atoms with van der Waals surface area (Å²) in [6.45, 7) is 1.64. The Morgan fingerprint density at radius 3 is 2.50 bits per heavy atom. The number of piperidine rings is 1. The number of nitrogens with one attached hydrogen (secondary N) is 2. The number of hydrogen-bond acceptors (Lipinski definition) is 2. The molecule has 1 fully saturated rings. The normalized spacial score (nSPS) is 18.9. The van der Waals surface area contributed by atoms with Gasteiger partial charge in [0.2, 0.25) is 0 Å². The summed E-state index contributed by atoms with van der Waals surface area (Å²) in [5.41, 5.74) is 0.0214. The number of amides is 1. The van der Waals surface area contributed by atoms with E-state index in [9.17, 15) is 13.6 Å². The maximum absolute atomic E-state index is 12.9. The molecular weight excluding hydrogens is 262 g/mol. The summed E-state index contributed by atoms with van der Waals surface area (Å²) in [4.78, 5) is 11.7. The molecule has 100 valence electrons. The van der Waals surface area contributed by atoms with Gasteiger partial charge in [-0.3, -0.25) is 4.79 Å². The zero-order valence-electron chi connectivity index (χ0n) is 9.71. The van der Waals surface area contributed by atoms with E-state index >= 15 is 0 Å². The van der Waals surface area contributed by atoms with E-state index in [1.54, 1.807) is 0 Å². The molecule has 2 rings (SSSR count). The molecule has 0 saturated carbocycles. The average molecular weight is 277 g/mol. The zero-order valence-corrected chi connectivity index (χ0v) is 10.5. The number of carbonyl (C=O) groups excluding carboxylic acids is 1. The van der Waals surface area contributed by atoms with Crippen molar-refractivity contribution < 1.29 is 13.6 Å². The summed E-state index contributed by atoms with van der Waals surface area (Å²) < 4.78 is 25.9. The molecule has 1 aromatic carbocycles. The molecule has 6 heteroatoms. The van der Waals surface area contributed by atoms with E-state index in [-0.39, 0.29) is 24.0 Å². The van der Waals surface area contributed by atoms with Gasteiger partial charge in [0.05, 0.1) is 0 Å². The number of rotatable bonds is 2. The Labute approximate surface area is 110 Å². The molecule has 1 aliphatic rings. The number of carbonyl (C=O) groups is 1. The van der Waals surface area contributed by atoms with Crippen molar-refractivity contribution in [2.45, 2.75) is 18.9 Å². The van der Waals surface area contributed by atoms with Crippen molar-refractivity contribution in [3.05, 3.63) is 35.4 Å². The van der Waals surface area contributed by atoms with E-state index in [1.165, 1.54) is 0 Å². The summed E-state index contributed by atoms with van der Waals surface area (Å²) >= 11 is 0. The molecule has 1 aliphatic heterocycles. The molecule has 1 amide bonds. The van der Waals surface area contributed by atoms with E-state index < -0.39 is 17.5 Å². The van der Waals surface area contributed by atoms with Crippen LogP contribution in [0.15, 0.2) is 18.2 Å². The van der Waals surface area contributed by atoms with Gasteiger partial charge in [0.1, 0.15) is 11.6 Å². The minimum Gasteiger partial charge on any atom is -0.348 e. The number of halogens is 3. The summed E-state index contributed by atoms with van der Waals surface area (Å²) in [5.74, 6) is -1.91. The van der Waals surface area contributed by atoms with Crippen LogP contribution < -0.4 is 10.6 Å². The molecule has 0 radical (unpaired) electrons. The van der Waals surface area contributed by atoms with Gasteiger partial charge in [-0.25, -0.2) is 8.78 Å². The Balaban J connectivity index is 0.00000162. The van der Waals surface area contributed by atoms with Crippen LogP contribution in [0.5, 0.6) is 0 Å². The Hall–Kier alpha value is -1.20. The molecule has 2 N–H and O–H groups in total. The third-order valence-corrected chi connectivity index (χ3v) is 2.76. The maximum Gasteiger partial charge on any atom is 0.251 e. The van der Waals surface area contributed by atoms with Gasteiger partial charge in [0.15, 0.2) is 0 Å². The van der Waals surface area contributed by atoms with Crippen LogP contribution in [0, 0.1) is 11.6 Å². The lowest BCUT2D eigenvalue weighted by Gasteiger charge is -2.23. The van der Waals surface area contributed by atoms with Crippen molar-refractivity contribution in [1.82, 2.24) is 10.6 Å². The third kappa shape index (κ3) is 3.92. The van der Waals surface area contributed by atoms with E-state index in [4.69, 9.17) is 0 Å². The predicted octanol–water partition coefficient (Wildman–Crippen LogP) is 1.87. The van der Waals surface area contributed by atoms with E-state index in [0.29, 0.717) is 6.54 Å². The Morgan fingerprint density at radius 1 is 1.28 bits per heavy atom. The van der Waals surface area contributed by atoms with Gasteiger partial charge >= 0.3 is 0 Å². The zero-order chi connectivity index (χ0) is 12.3. The fourth-order valence-electron chi connectivity index (χ4n) is 1.93. The first kappa shape index (κ1) is 14.9. The van der Waals surface area contributed by atoms with E-state index in [1.807, 2.05) is 0 Å². The summed E-state index contributed by atoms with van der Waals surface area (Å²) in [7, 11) is 0. The van der Waals surface area contributed by atoms with Crippen LogP contribution >= 0.6 is 12.4 Å². The highest BCUT2D eigenvalue weighted by Gasteiger charge is 2.17. The maximum atomic E-state index is 12.9. The molecule has 0 bridgehead atoms. The molecule has 18 heavy (non-hydrogen) atoms. The largest absolute Gasteiger partial charge is 0.348 e. The van der Waals surface area contributed by atoms with Gasteiger partial charge < -0.3 is 10.6 Å². The highest BCUT2D eigenvalue weighted by molar-refractivity contribution is 5.94. The molecule has 3 nitrogen and oxygen atoms in total. The van der Waals surface area contributed by atoms with Crippen LogP contribution in [0.3, 0.4) is 0 Å². The lowest BCUT2D eigenvalue weighted by molar-refractivity contribution is 0.0929. The topological polar surface area (TPSA) is 41.1 Å². The van der Waals surface area contributed by atoms with Crippen LogP contribution in [0.1, 0.15) is 23.2 Å². The predicted molar refractivity (Wildman–Crippen MR) is 67.0 cm³/mol. The second-order valence-electron chi connectivity index (χ2n) is 4.17. The summed E-state index contributed by atoms with van der Waals surface area (Å²) in [6, 6.07) is 2.85. The Bertz CT molecular complexity index is 402. The van der Waals surface area contributed by atoms with Gasteiger partial charge in [-0.05, 0) is 31.5 Å². The Kier molecular flexibility index (Phi) is 5.50.